The van der Waals surface area contributed by atoms with Crippen molar-refractivity contribution in [1.29, 1.82) is 0 Å². The van der Waals surface area contributed by atoms with Crippen molar-refractivity contribution < 1.29 is 14.6 Å². The molecule has 0 heterocycles. The molecule has 4 nitrogen and oxygen atoms in total. The predicted octanol–water partition coefficient (Wildman–Crippen LogP) is 1.05. The summed E-state index contributed by atoms with van der Waals surface area (Å²) < 4.78 is 5.21. The summed E-state index contributed by atoms with van der Waals surface area (Å²) in [5.41, 5.74) is 0. The van der Waals surface area contributed by atoms with Crippen LogP contribution < -0.4 is 10.1 Å². The summed E-state index contributed by atoms with van der Waals surface area (Å²) in [5.74, 6) is 0.525. The van der Waals surface area contributed by atoms with Crippen molar-refractivity contribution in [3.63, 3.8) is 0 Å². The zero-order chi connectivity index (χ0) is 10.7. The van der Waals surface area contributed by atoms with E-state index < -0.39 is 0 Å². The summed E-state index contributed by atoms with van der Waals surface area (Å²) in [6, 6.07) is 6.75. The molecule has 1 fully saturated rings. The number of phenolic OH excluding ortho intramolecular Hbond substituents is 1. The fraction of sp³-hybridized carbons (Fsp3) is 0.364. The van der Waals surface area contributed by atoms with Crippen LogP contribution in [0.25, 0.3) is 0 Å². The second-order valence-corrected chi connectivity index (χ2v) is 3.63. The van der Waals surface area contributed by atoms with E-state index in [4.69, 9.17) is 9.84 Å². The average molecular weight is 207 g/mol. The van der Waals surface area contributed by atoms with Gasteiger partial charge in [-0.05, 0) is 25.0 Å². The molecule has 4 heteroatoms. The Bertz CT molecular complexity index is 361. The Kier molecular flexibility index (Phi) is 2.76. The van der Waals surface area contributed by atoms with Crippen LogP contribution in [0.5, 0.6) is 11.5 Å². The molecule has 0 spiro atoms. The summed E-state index contributed by atoms with van der Waals surface area (Å²) in [4.78, 5) is 11.3. The lowest BCUT2D eigenvalue weighted by Crippen LogP contribution is -2.30. The summed E-state index contributed by atoms with van der Waals surface area (Å²) >= 11 is 0. The molecule has 1 aromatic rings. The van der Waals surface area contributed by atoms with E-state index in [9.17, 15) is 4.79 Å². The quantitative estimate of drug-likeness (QED) is 0.775. The van der Waals surface area contributed by atoms with Gasteiger partial charge in [0.05, 0.1) is 0 Å². The number of amides is 1. The minimum atomic E-state index is -0.110. The molecule has 0 radical (unpaired) electrons. The smallest absolute Gasteiger partial charge is 0.258 e. The zero-order valence-electron chi connectivity index (χ0n) is 8.27. The van der Waals surface area contributed by atoms with Crippen LogP contribution in [-0.4, -0.2) is 23.7 Å². The topological polar surface area (TPSA) is 58.6 Å². The van der Waals surface area contributed by atoms with Gasteiger partial charge in [0.2, 0.25) is 0 Å². The number of aromatic hydroxyl groups is 1. The maximum atomic E-state index is 11.3. The number of hydrogen-bond donors (Lipinski definition) is 2. The molecule has 0 bridgehead atoms. The van der Waals surface area contributed by atoms with Gasteiger partial charge in [0.15, 0.2) is 6.61 Å². The summed E-state index contributed by atoms with van der Waals surface area (Å²) in [5, 5.41) is 12.0. The first-order chi connectivity index (χ1) is 7.24. The number of rotatable bonds is 4. The van der Waals surface area contributed by atoms with E-state index in [-0.39, 0.29) is 18.3 Å². The van der Waals surface area contributed by atoms with Crippen molar-refractivity contribution in [1.82, 2.24) is 5.32 Å². The molecule has 0 unspecified atom stereocenters. The van der Waals surface area contributed by atoms with E-state index in [1.165, 1.54) is 6.07 Å². The van der Waals surface area contributed by atoms with Gasteiger partial charge in [-0.3, -0.25) is 4.79 Å². The van der Waals surface area contributed by atoms with Gasteiger partial charge in [-0.15, -0.1) is 0 Å². The van der Waals surface area contributed by atoms with Crippen molar-refractivity contribution >= 4 is 5.91 Å². The van der Waals surface area contributed by atoms with Gasteiger partial charge in [-0.2, -0.15) is 0 Å². The third-order valence-corrected chi connectivity index (χ3v) is 2.13. The van der Waals surface area contributed by atoms with Crippen molar-refractivity contribution in [2.24, 2.45) is 0 Å². The highest BCUT2D eigenvalue weighted by atomic mass is 16.5. The van der Waals surface area contributed by atoms with Crippen LogP contribution >= 0.6 is 0 Å². The van der Waals surface area contributed by atoms with Crippen LogP contribution in [0, 0.1) is 0 Å². The Hall–Kier alpha value is -1.71. The number of carbonyl (C=O) groups excluding carboxylic acids is 1. The van der Waals surface area contributed by atoms with E-state index in [1.54, 1.807) is 18.2 Å². The minimum Gasteiger partial charge on any atom is -0.508 e. The lowest BCUT2D eigenvalue weighted by molar-refractivity contribution is -0.123. The highest BCUT2D eigenvalue weighted by Crippen LogP contribution is 2.19. The molecule has 0 aromatic heterocycles. The lowest BCUT2D eigenvalue weighted by Gasteiger charge is -2.06. The maximum absolute atomic E-state index is 11.3. The van der Waals surface area contributed by atoms with E-state index >= 15 is 0 Å². The first-order valence-electron chi connectivity index (χ1n) is 4.95. The van der Waals surface area contributed by atoms with Crippen LogP contribution in [-0.2, 0) is 4.79 Å². The molecule has 2 rings (SSSR count). The van der Waals surface area contributed by atoms with Crippen LogP contribution in [0.2, 0.25) is 0 Å². The molecule has 1 aliphatic carbocycles. The molecular formula is C11H13NO3. The standard InChI is InChI=1S/C11H13NO3/c13-9-2-1-3-10(6-9)15-7-11(14)12-8-4-5-8/h1-3,6,8,13H,4-5,7H2,(H,12,14). The molecular weight excluding hydrogens is 194 g/mol. The van der Waals surface area contributed by atoms with Crippen LogP contribution in [0.1, 0.15) is 12.8 Å². The maximum Gasteiger partial charge on any atom is 0.258 e. The second-order valence-electron chi connectivity index (χ2n) is 3.63. The highest BCUT2D eigenvalue weighted by molar-refractivity contribution is 5.78. The molecule has 1 aromatic carbocycles. The molecule has 0 aliphatic heterocycles. The SMILES string of the molecule is O=C(COc1cccc(O)c1)NC1CC1. The summed E-state index contributed by atoms with van der Waals surface area (Å²) in [7, 11) is 0. The Labute approximate surface area is 87.9 Å². The lowest BCUT2D eigenvalue weighted by atomic mass is 10.3. The van der Waals surface area contributed by atoms with Gasteiger partial charge >= 0.3 is 0 Å². The molecule has 1 aliphatic rings. The van der Waals surface area contributed by atoms with E-state index in [1.807, 2.05) is 0 Å². The predicted molar refractivity (Wildman–Crippen MR) is 54.8 cm³/mol. The van der Waals surface area contributed by atoms with Crippen molar-refractivity contribution in [2.75, 3.05) is 6.61 Å². The second kappa shape index (κ2) is 4.21. The summed E-state index contributed by atoms with van der Waals surface area (Å²) in [6.07, 6.45) is 2.13. The van der Waals surface area contributed by atoms with Gasteiger partial charge in [0.1, 0.15) is 11.5 Å². The van der Waals surface area contributed by atoms with Crippen molar-refractivity contribution in [2.45, 2.75) is 18.9 Å². The van der Waals surface area contributed by atoms with Gasteiger partial charge < -0.3 is 15.2 Å². The van der Waals surface area contributed by atoms with E-state index in [0.29, 0.717) is 11.8 Å². The third kappa shape index (κ3) is 3.16. The molecule has 0 saturated heterocycles. The number of nitrogens with one attached hydrogen (secondary N) is 1. The van der Waals surface area contributed by atoms with Gasteiger partial charge in [0.25, 0.3) is 5.91 Å². The van der Waals surface area contributed by atoms with E-state index in [0.717, 1.165) is 12.8 Å². The van der Waals surface area contributed by atoms with E-state index in [2.05, 4.69) is 5.32 Å². The van der Waals surface area contributed by atoms with Crippen LogP contribution in [0.15, 0.2) is 24.3 Å². The molecule has 15 heavy (non-hydrogen) atoms. The Morgan fingerprint density at radius 3 is 3.00 bits per heavy atom. The zero-order valence-corrected chi connectivity index (χ0v) is 8.27. The van der Waals surface area contributed by atoms with Gasteiger partial charge in [-0.25, -0.2) is 0 Å². The largest absolute Gasteiger partial charge is 0.508 e. The highest BCUT2D eigenvalue weighted by Gasteiger charge is 2.23. The summed E-state index contributed by atoms with van der Waals surface area (Å²) in [6.45, 7) is -0.0000463. The van der Waals surface area contributed by atoms with Crippen molar-refractivity contribution in [3.05, 3.63) is 24.3 Å². The van der Waals surface area contributed by atoms with Gasteiger partial charge in [-0.1, -0.05) is 6.07 Å². The molecule has 80 valence electrons. The molecule has 2 N–H and O–H groups in total. The number of phenols is 1. The average Bonchev–Trinajstić information content (AvgIpc) is 2.99. The minimum absolute atomic E-state index is 0.0000463. The van der Waals surface area contributed by atoms with Crippen LogP contribution in [0.3, 0.4) is 0 Å². The van der Waals surface area contributed by atoms with Crippen molar-refractivity contribution in [3.8, 4) is 11.5 Å². The fourth-order valence-electron chi connectivity index (χ4n) is 1.22. The molecule has 0 atom stereocenters. The van der Waals surface area contributed by atoms with Gasteiger partial charge in [0, 0.05) is 12.1 Å². The third-order valence-electron chi connectivity index (χ3n) is 2.13. The number of benzene rings is 1. The number of hydrogen-bond acceptors (Lipinski definition) is 3. The Morgan fingerprint density at radius 2 is 2.33 bits per heavy atom. The Balaban J connectivity index is 1.78. The first kappa shape index (κ1) is 9.83. The number of ether oxygens (including phenoxy) is 1. The molecule has 1 saturated carbocycles. The first-order valence-corrected chi connectivity index (χ1v) is 4.95. The Morgan fingerprint density at radius 1 is 1.53 bits per heavy atom. The fourth-order valence-corrected chi connectivity index (χ4v) is 1.22. The normalized spacial score (nSPS) is 14.7. The monoisotopic (exact) mass is 207 g/mol. The number of carbonyl (C=O) groups is 1. The molecule has 1 amide bonds. The van der Waals surface area contributed by atoms with Crippen LogP contribution in [0.4, 0.5) is 0 Å².